The Bertz CT molecular complexity index is 390. The van der Waals surface area contributed by atoms with E-state index < -0.39 is 5.60 Å². The summed E-state index contributed by atoms with van der Waals surface area (Å²) in [7, 11) is 0. The topological polar surface area (TPSA) is 32.8 Å². The molecule has 0 aromatic carbocycles. The lowest BCUT2D eigenvalue weighted by Crippen LogP contribution is -2.50. The summed E-state index contributed by atoms with van der Waals surface area (Å²) in [6.45, 7) is 12.7. The van der Waals surface area contributed by atoms with Crippen LogP contribution in [0.15, 0.2) is 11.6 Å². The molecular weight excluding hydrogens is 264 g/mol. The van der Waals surface area contributed by atoms with Crippen LogP contribution in [0.5, 0.6) is 0 Å². The Balaban J connectivity index is 1.72. The number of piperazine rings is 1. The monoisotopic (exact) mass is 294 g/mol. The van der Waals surface area contributed by atoms with Crippen molar-refractivity contribution < 1.29 is 9.53 Å². The van der Waals surface area contributed by atoms with Crippen LogP contribution in [-0.2, 0) is 4.74 Å². The van der Waals surface area contributed by atoms with Gasteiger partial charge in [-0.25, -0.2) is 4.79 Å². The number of hydrogen-bond acceptors (Lipinski definition) is 3. The second kappa shape index (κ2) is 6.82. The van der Waals surface area contributed by atoms with Crippen LogP contribution in [0.2, 0.25) is 0 Å². The van der Waals surface area contributed by atoms with Crippen molar-refractivity contribution in [3.63, 3.8) is 0 Å². The summed E-state index contributed by atoms with van der Waals surface area (Å²) >= 11 is 0. The fourth-order valence-corrected chi connectivity index (χ4v) is 2.99. The first-order valence-electron chi connectivity index (χ1n) is 8.19. The normalized spacial score (nSPS) is 24.7. The summed E-state index contributed by atoms with van der Waals surface area (Å²) in [5.41, 5.74) is 1.14. The summed E-state index contributed by atoms with van der Waals surface area (Å²) in [4.78, 5) is 16.4. The average molecular weight is 294 g/mol. The molecule has 1 unspecified atom stereocenters. The van der Waals surface area contributed by atoms with Gasteiger partial charge in [0.1, 0.15) is 5.60 Å². The lowest BCUT2D eigenvalue weighted by Gasteiger charge is -2.37. The molecule has 1 atom stereocenters. The zero-order valence-electron chi connectivity index (χ0n) is 14.0. The van der Waals surface area contributed by atoms with Crippen molar-refractivity contribution in [1.29, 1.82) is 0 Å². The van der Waals surface area contributed by atoms with Gasteiger partial charge >= 0.3 is 6.09 Å². The van der Waals surface area contributed by atoms with Gasteiger partial charge in [-0.3, -0.25) is 4.90 Å². The van der Waals surface area contributed by atoms with Gasteiger partial charge < -0.3 is 9.64 Å². The van der Waals surface area contributed by atoms with Gasteiger partial charge in [0.25, 0.3) is 0 Å². The Morgan fingerprint density at radius 3 is 2.48 bits per heavy atom. The van der Waals surface area contributed by atoms with Crippen molar-refractivity contribution in [3.8, 4) is 0 Å². The quantitative estimate of drug-likeness (QED) is 0.733. The van der Waals surface area contributed by atoms with Gasteiger partial charge in [0.05, 0.1) is 0 Å². The first kappa shape index (κ1) is 16.3. The molecule has 1 saturated heterocycles. The van der Waals surface area contributed by atoms with Crippen molar-refractivity contribution >= 4 is 6.09 Å². The average Bonchev–Trinajstić information content (AvgIpc) is 2.40. The molecule has 1 fully saturated rings. The highest BCUT2D eigenvalue weighted by atomic mass is 16.6. The van der Waals surface area contributed by atoms with E-state index in [0.717, 1.165) is 32.1 Å². The van der Waals surface area contributed by atoms with E-state index in [1.54, 1.807) is 5.57 Å². The molecule has 1 aliphatic carbocycles. The van der Waals surface area contributed by atoms with Crippen LogP contribution in [0.25, 0.3) is 0 Å². The van der Waals surface area contributed by atoms with Gasteiger partial charge in [-0.15, -0.1) is 0 Å². The number of ether oxygens (including phenoxy) is 1. The van der Waals surface area contributed by atoms with Gasteiger partial charge in [-0.1, -0.05) is 11.6 Å². The second-order valence-electron chi connectivity index (χ2n) is 7.46. The van der Waals surface area contributed by atoms with E-state index in [-0.39, 0.29) is 6.09 Å². The zero-order chi connectivity index (χ0) is 15.5. The Morgan fingerprint density at radius 2 is 1.95 bits per heavy atom. The Morgan fingerprint density at radius 1 is 1.29 bits per heavy atom. The molecule has 0 saturated carbocycles. The molecular formula is C17H30N2O2. The predicted molar refractivity (Wildman–Crippen MR) is 85.3 cm³/mol. The molecule has 1 aliphatic heterocycles. The number of carbonyl (C=O) groups is 1. The molecule has 0 N–H and O–H groups in total. The third-order valence-electron chi connectivity index (χ3n) is 4.29. The minimum Gasteiger partial charge on any atom is -0.444 e. The molecule has 4 heteroatoms. The number of nitrogens with zero attached hydrogens (tertiary/aromatic N) is 2. The highest BCUT2D eigenvalue weighted by Crippen LogP contribution is 2.24. The standard InChI is InChI=1S/C17H30N2O2/c1-14-5-7-15(8-6-14)13-18-9-11-19(12-10-18)16(20)21-17(2,3)4/h5,15H,6-13H2,1-4H3. The van der Waals surface area contributed by atoms with Crippen LogP contribution in [0.3, 0.4) is 0 Å². The molecule has 120 valence electrons. The predicted octanol–water partition coefficient (Wildman–Crippen LogP) is 3.29. The largest absolute Gasteiger partial charge is 0.444 e. The van der Waals surface area contributed by atoms with E-state index in [1.165, 1.54) is 25.8 Å². The third kappa shape index (κ3) is 5.34. The van der Waals surface area contributed by atoms with Crippen molar-refractivity contribution in [1.82, 2.24) is 9.80 Å². The highest BCUT2D eigenvalue weighted by Gasteiger charge is 2.26. The minimum absolute atomic E-state index is 0.168. The van der Waals surface area contributed by atoms with Crippen molar-refractivity contribution in [3.05, 3.63) is 11.6 Å². The summed E-state index contributed by atoms with van der Waals surface area (Å²) < 4.78 is 5.43. The molecule has 0 spiro atoms. The molecule has 0 bridgehead atoms. The fraction of sp³-hybridized carbons (Fsp3) is 0.824. The van der Waals surface area contributed by atoms with E-state index >= 15 is 0 Å². The molecule has 0 aromatic rings. The van der Waals surface area contributed by atoms with E-state index in [0.29, 0.717) is 0 Å². The molecule has 0 radical (unpaired) electrons. The van der Waals surface area contributed by atoms with E-state index in [1.807, 2.05) is 25.7 Å². The Hall–Kier alpha value is -1.03. The van der Waals surface area contributed by atoms with Crippen molar-refractivity contribution in [2.45, 2.75) is 52.6 Å². The van der Waals surface area contributed by atoms with Gasteiger partial charge in [-0.05, 0) is 52.9 Å². The Labute approximate surface area is 129 Å². The molecule has 21 heavy (non-hydrogen) atoms. The third-order valence-corrected chi connectivity index (χ3v) is 4.29. The molecule has 1 heterocycles. The number of allylic oxidation sites excluding steroid dienone is 2. The first-order chi connectivity index (χ1) is 9.83. The summed E-state index contributed by atoms with van der Waals surface area (Å²) in [6.07, 6.45) is 6.01. The number of rotatable bonds is 2. The van der Waals surface area contributed by atoms with Crippen LogP contribution < -0.4 is 0 Å². The van der Waals surface area contributed by atoms with E-state index in [4.69, 9.17) is 4.74 Å². The number of amides is 1. The van der Waals surface area contributed by atoms with Crippen LogP contribution >= 0.6 is 0 Å². The van der Waals surface area contributed by atoms with Crippen LogP contribution in [0.4, 0.5) is 4.79 Å². The molecule has 1 amide bonds. The number of carbonyl (C=O) groups excluding carboxylic acids is 1. The maximum absolute atomic E-state index is 12.0. The lowest BCUT2D eigenvalue weighted by molar-refractivity contribution is 0.0132. The van der Waals surface area contributed by atoms with E-state index in [2.05, 4.69) is 17.9 Å². The summed E-state index contributed by atoms with van der Waals surface area (Å²) in [5.74, 6) is 0.793. The zero-order valence-corrected chi connectivity index (χ0v) is 14.0. The second-order valence-corrected chi connectivity index (χ2v) is 7.46. The van der Waals surface area contributed by atoms with Gasteiger partial charge in [0.15, 0.2) is 0 Å². The molecule has 2 rings (SSSR count). The van der Waals surface area contributed by atoms with Crippen LogP contribution in [0.1, 0.15) is 47.0 Å². The Kier molecular flexibility index (Phi) is 5.31. The summed E-state index contributed by atoms with van der Waals surface area (Å²) in [5, 5.41) is 0. The SMILES string of the molecule is CC1=CCC(CN2CCN(C(=O)OC(C)(C)C)CC2)CC1. The molecule has 2 aliphatic rings. The van der Waals surface area contributed by atoms with Crippen molar-refractivity contribution in [2.75, 3.05) is 32.7 Å². The highest BCUT2D eigenvalue weighted by molar-refractivity contribution is 5.68. The van der Waals surface area contributed by atoms with Crippen LogP contribution in [-0.4, -0.2) is 54.2 Å². The fourth-order valence-electron chi connectivity index (χ4n) is 2.99. The van der Waals surface area contributed by atoms with Crippen molar-refractivity contribution in [2.24, 2.45) is 5.92 Å². The minimum atomic E-state index is -0.402. The lowest BCUT2D eigenvalue weighted by atomic mass is 9.90. The number of hydrogen-bond donors (Lipinski definition) is 0. The van der Waals surface area contributed by atoms with Gasteiger partial charge in [-0.2, -0.15) is 0 Å². The maximum atomic E-state index is 12.0. The first-order valence-corrected chi connectivity index (χ1v) is 8.19. The molecule has 0 aromatic heterocycles. The van der Waals surface area contributed by atoms with Gasteiger partial charge in [0.2, 0.25) is 0 Å². The van der Waals surface area contributed by atoms with Crippen LogP contribution in [0, 0.1) is 5.92 Å². The van der Waals surface area contributed by atoms with E-state index in [9.17, 15) is 4.79 Å². The van der Waals surface area contributed by atoms with Gasteiger partial charge in [0, 0.05) is 32.7 Å². The smallest absolute Gasteiger partial charge is 0.410 e. The maximum Gasteiger partial charge on any atom is 0.410 e. The summed E-state index contributed by atoms with van der Waals surface area (Å²) in [6, 6.07) is 0. The molecule has 4 nitrogen and oxygen atoms in total.